The van der Waals surface area contributed by atoms with Gasteiger partial charge >= 0.3 is 0 Å². The van der Waals surface area contributed by atoms with Crippen LogP contribution < -0.4 is 10.1 Å². The molecule has 7 nitrogen and oxygen atoms in total. The molecule has 182 valence electrons. The smallest absolute Gasteiger partial charge is 0.257 e. The first-order chi connectivity index (χ1) is 18.1. The Morgan fingerprint density at radius 2 is 1.81 bits per heavy atom. The molecular weight excluding hydrogens is 506 g/mol. The molecule has 1 N–H and O–H groups in total. The average Bonchev–Trinajstić information content (AvgIpc) is 3.53. The SMILES string of the molecule is N#CC(=Cc1cn(CCOc2ccccc2Cl)c2ccccc12)c1nnc(NC(=O)c2ccccc2)s1. The van der Waals surface area contributed by atoms with Crippen LogP contribution in [-0.4, -0.2) is 27.3 Å². The van der Waals surface area contributed by atoms with Crippen LogP contribution in [0.3, 0.4) is 0 Å². The van der Waals surface area contributed by atoms with Gasteiger partial charge in [-0.25, -0.2) is 0 Å². The van der Waals surface area contributed by atoms with Crippen LogP contribution in [0, 0.1) is 11.3 Å². The summed E-state index contributed by atoms with van der Waals surface area (Å²) in [6.07, 6.45) is 3.77. The number of nitrogens with zero attached hydrogens (tertiary/aromatic N) is 4. The van der Waals surface area contributed by atoms with E-state index in [2.05, 4.69) is 26.2 Å². The Bertz CT molecular complexity index is 1640. The van der Waals surface area contributed by atoms with Gasteiger partial charge in [0, 0.05) is 28.2 Å². The molecule has 0 aliphatic heterocycles. The van der Waals surface area contributed by atoms with Gasteiger partial charge in [-0.05, 0) is 36.4 Å². The molecule has 0 radical (unpaired) electrons. The van der Waals surface area contributed by atoms with Crippen LogP contribution in [-0.2, 0) is 6.54 Å². The average molecular weight is 526 g/mol. The standard InChI is InChI=1S/C28H20ClN5O2S/c29-23-11-5-7-13-25(23)36-15-14-34-18-21(22-10-4-6-12-24(22)34)16-20(17-30)27-32-33-28(37-27)31-26(35)19-8-2-1-3-9-19/h1-13,16,18H,14-15H2,(H,31,33,35). The number of anilines is 1. The van der Waals surface area contributed by atoms with Crippen molar-refractivity contribution in [2.75, 3.05) is 11.9 Å². The van der Waals surface area contributed by atoms with Crippen molar-refractivity contribution in [3.63, 3.8) is 0 Å². The van der Waals surface area contributed by atoms with Gasteiger partial charge in [0.1, 0.15) is 18.4 Å². The van der Waals surface area contributed by atoms with Gasteiger partial charge in [-0.15, -0.1) is 10.2 Å². The number of amides is 1. The van der Waals surface area contributed by atoms with Gasteiger partial charge in [0.25, 0.3) is 5.91 Å². The van der Waals surface area contributed by atoms with Gasteiger partial charge in [-0.2, -0.15) is 5.26 Å². The van der Waals surface area contributed by atoms with Gasteiger partial charge in [0.05, 0.1) is 17.1 Å². The van der Waals surface area contributed by atoms with E-state index in [1.54, 1.807) is 36.4 Å². The van der Waals surface area contributed by atoms with Crippen LogP contribution in [0.5, 0.6) is 5.75 Å². The molecule has 5 aromatic rings. The van der Waals surface area contributed by atoms with Crippen molar-refractivity contribution < 1.29 is 9.53 Å². The second-order valence-electron chi connectivity index (χ2n) is 7.98. The molecule has 0 spiro atoms. The predicted molar refractivity (Wildman–Crippen MR) is 147 cm³/mol. The summed E-state index contributed by atoms with van der Waals surface area (Å²) in [4.78, 5) is 12.4. The molecule has 1 amide bonds. The lowest BCUT2D eigenvalue weighted by Crippen LogP contribution is -2.11. The van der Waals surface area contributed by atoms with E-state index in [0.29, 0.717) is 45.2 Å². The minimum absolute atomic E-state index is 0.284. The number of para-hydroxylation sites is 2. The van der Waals surface area contributed by atoms with Crippen molar-refractivity contribution >= 4 is 56.5 Å². The largest absolute Gasteiger partial charge is 0.490 e. The van der Waals surface area contributed by atoms with E-state index in [4.69, 9.17) is 16.3 Å². The molecule has 0 atom stereocenters. The van der Waals surface area contributed by atoms with E-state index >= 15 is 0 Å². The summed E-state index contributed by atoms with van der Waals surface area (Å²) in [7, 11) is 0. The molecule has 5 rings (SSSR count). The maximum Gasteiger partial charge on any atom is 0.257 e. The van der Waals surface area contributed by atoms with Crippen molar-refractivity contribution in [2.45, 2.75) is 6.54 Å². The topological polar surface area (TPSA) is 92.8 Å². The summed E-state index contributed by atoms with van der Waals surface area (Å²) in [5, 5.41) is 23.1. The van der Waals surface area contributed by atoms with Crippen LogP contribution in [0.25, 0.3) is 22.6 Å². The fraction of sp³-hybridized carbons (Fsp3) is 0.0714. The van der Waals surface area contributed by atoms with Crippen LogP contribution in [0.2, 0.25) is 5.02 Å². The Balaban J connectivity index is 1.36. The molecule has 0 fully saturated rings. The number of aromatic nitrogens is 3. The molecule has 2 aromatic heterocycles. The number of rotatable bonds is 8. The van der Waals surface area contributed by atoms with Crippen LogP contribution in [0.15, 0.2) is 85.1 Å². The maximum absolute atomic E-state index is 12.4. The zero-order valence-electron chi connectivity index (χ0n) is 19.5. The Morgan fingerprint density at radius 1 is 1.05 bits per heavy atom. The molecular formula is C28H20ClN5O2S. The Kier molecular flexibility index (Phi) is 7.26. The van der Waals surface area contributed by atoms with E-state index < -0.39 is 0 Å². The van der Waals surface area contributed by atoms with Gasteiger partial charge in [-0.3, -0.25) is 10.1 Å². The number of carbonyl (C=O) groups is 1. The number of nitriles is 1. The minimum atomic E-state index is -0.284. The van der Waals surface area contributed by atoms with E-state index in [-0.39, 0.29) is 5.91 Å². The summed E-state index contributed by atoms with van der Waals surface area (Å²) >= 11 is 7.34. The number of hydrogen-bond acceptors (Lipinski definition) is 6. The number of nitrogens with one attached hydrogen (secondary N) is 1. The monoisotopic (exact) mass is 525 g/mol. The molecule has 0 saturated carbocycles. The third kappa shape index (κ3) is 5.54. The molecule has 0 aliphatic carbocycles. The Hall–Kier alpha value is -4.45. The zero-order valence-corrected chi connectivity index (χ0v) is 21.0. The lowest BCUT2D eigenvalue weighted by Gasteiger charge is -2.09. The number of carbonyl (C=O) groups excluding carboxylic acids is 1. The van der Waals surface area contributed by atoms with Crippen molar-refractivity contribution in [3.8, 4) is 11.8 Å². The molecule has 0 saturated heterocycles. The second-order valence-corrected chi connectivity index (χ2v) is 9.36. The Labute approximate surface area is 222 Å². The first kappa shape index (κ1) is 24.3. The van der Waals surface area contributed by atoms with Crippen molar-refractivity contribution in [3.05, 3.63) is 106 Å². The summed E-state index contributed by atoms with van der Waals surface area (Å²) in [6, 6.07) is 26.4. The molecule has 0 bridgehead atoms. The number of ether oxygens (including phenoxy) is 1. The third-order valence-corrected chi connectivity index (χ3v) is 6.76. The quantitative estimate of drug-likeness (QED) is 0.232. The molecule has 3 aromatic carbocycles. The highest BCUT2D eigenvalue weighted by Crippen LogP contribution is 2.29. The van der Waals surface area contributed by atoms with E-state index in [0.717, 1.165) is 27.8 Å². The highest BCUT2D eigenvalue weighted by atomic mass is 35.5. The highest BCUT2D eigenvalue weighted by molar-refractivity contribution is 7.16. The predicted octanol–water partition coefficient (Wildman–Crippen LogP) is 6.54. The lowest BCUT2D eigenvalue weighted by molar-refractivity contribution is 0.102. The zero-order chi connectivity index (χ0) is 25.6. The molecule has 9 heteroatoms. The minimum Gasteiger partial charge on any atom is -0.490 e. The van der Waals surface area contributed by atoms with Crippen LogP contribution in [0.1, 0.15) is 20.9 Å². The second kappa shape index (κ2) is 11.1. The number of hydrogen-bond donors (Lipinski definition) is 1. The summed E-state index contributed by atoms with van der Waals surface area (Å²) in [6.45, 7) is 1.02. The van der Waals surface area contributed by atoms with Gasteiger partial charge in [-0.1, -0.05) is 71.5 Å². The summed E-state index contributed by atoms with van der Waals surface area (Å²) in [5.74, 6) is 0.354. The van der Waals surface area contributed by atoms with Crippen molar-refractivity contribution in [2.24, 2.45) is 0 Å². The molecule has 2 heterocycles. The van der Waals surface area contributed by atoms with E-state index in [9.17, 15) is 10.1 Å². The lowest BCUT2D eigenvalue weighted by atomic mass is 10.1. The van der Waals surface area contributed by atoms with Crippen LogP contribution >= 0.6 is 22.9 Å². The third-order valence-electron chi connectivity index (χ3n) is 5.58. The molecule has 37 heavy (non-hydrogen) atoms. The molecule has 0 unspecified atom stereocenters. The highest BCUT2D eigenvalue weighted by Gasteiger charge is 2.14. The van der Waals surface area contributed by atoms with E-state index in [1.807, 2.05) is 54.7 Å². The summed E-state index contributed by atoms with van der Waals surface area (Å²) in [5.41, 5.74) is 2.76. The molecule has 0 aliphatic rings. The number of fused-ring (bicyclic) bond motifs is 1. The first-order valence-corrected chi connectivity index (χ1v) is 12.6. The summed E-state index contributed by atoms with van der Waals surface area (Å²) < 4.78 is 7.95. The fourth-order valence-electron chi connectivity index (χ4n) is 3.83. The first-order valence-electron chi connectivity index (χ1n) is 11.4. The number of allylic oxidation sites excluding steroid dienone is 1. The van der Waals surface area contributed by atoms with Gasteiger partial charge in [0.15, 0.2) is 5.01 Å². The number of benzene rings is 3. The van der Waals surface area contributed by atoms with E-state index in [1.165, 1.54) is 0 Å². The van der Waals surface area contributed by atoms with Gasteiger partial charge in [0.2, 0.25) is 5.13 Å². The number of halogens is 1. The van der Waals surface area contributed by atoms with Crippen molar-refractivity contribution in [1.29, 1.82) is 5.26 Å². The van der Waals surface area contributed by atoms with Crippen LogP contribution in [0.4, 0.5) is 5.13 Å². The van der Waals surface area contributed by atoms with Gasteiger partial charge < -0.3 is 9.30 Å². The Morgan fingerprint density at radius 3 is 2.62 bits per heavy atom. The maximum atomic E-state index is 12.4. The fourth-order valence-corrected chi connectivity index (χ4v) is 4.72. The van der Waals surface area contributed by atoms with Crippen molar-refractivity contribution in [1.82, 2.24) is 14.8 Å². The normalized spacial score (nSPS) is 11.3.